The minimum Gasteiger partial charge on any atom is -0.495 e. The third kappa shape index (κ3) is 2.79. The van der Waals surface area contributed by atoms with E-state index in [1.54, 1.807) is 12.1 Å². The van der Waals surface area contributed by atoms with Crippen LogP contribution in [-0.4, -0.2) is 25.3 Å². The Bertz CT molecular complexity index is 584. The van der Waals surface area contributed by atoms with Gasteiger partial charge in [-0.15, -0.1) is 0 Å². The molecule has 2 rings (SSSR count). The zero-order valence-corrected chi connectivity index (χ0v) is 11.0. The molecule has 7 heteroatoms. The molecule has 2 aromatic rings. The van der Waals surface area contributed by atoms with Crippen LogP contribution in [0.1, 0.15) is 10.6 Å². The maximum atomic E-state index is 11.9. The molecule has 0 unspecified atom stereocenters. The fraction of sp³-hybridized carbons (Fsp3) is 0.167. The van der Waals surface area contributed by atoms with Gasteiger partial charge in [-0.05, 0) is 0 Å². The van der Waals surface area contributed by atoms with Gasteiger partial charge < -0.3 is 19.3 Å². The molecule has 0 radical (unpaired) electrons. The first-order chi connectivity index (χ1) is 9.15. The van der Waals surface area contributed by atoms with Crippen LogP contribution in [0.4, 0.5) is 5.69 Å². The van der Waals surface area contributed by atoms with Crippen molar-refractivity contribution in [3.05, 3.63) is 35.2 Å². The van der Waals surface area contributed by atoms with Crippen molar-refractivity contribution in [3.63, 3.8) is 0 Å². The fourth-order valence-electron chi connectivity index (χ4n) is 1.47. The van der Waals surface area contributed by atoms with Gasteiger partial charge in [-0.2, -0.15) is 0 Å². The normalized spacial score (nSPS) is 10.1. The average molecular weight is 283 g/mol. The van der Waals surface area contributed by atoms with Crippen LogP contribution in [0.5, 0.6) is 11.5 Å². The number of nitrogens with zero attached hydrogens (tertiary/aromatic N) is 1. The first kappa shape index (κ1) is 13.2. The molecule has 0 aliphatic heterocycles. The molecule has 0 saturated carbocycles. The summed E-state index contributed by atoms with van der Waals surface area (Å²) in [5.74, 6) is 0.491. The topological polar surface area (TPSA) is 73.6 Å². The molecule has 1 aromatic heterocycles. The summed E-state index contributed by atoms with van der Waals surface area (Å²) in [5, 5.41) is 6.48. The van der Waals surface area contributed by atoms with Gasteiger partial charge in [0.25, 0.3) is 5.91 Å². The predicted molar refractivity (Wildman–Crippen MR) is 69.0 cm³/mol. The molecule has 1 amide bonds. The van der Waals surface area contributed by atoms with Crippen molar-refractivity contribution in [2.45, 2.75) is 0 Å². The standard InChI is InChI=1S/C12H11ClN2O4/c1-17-10-6-8(11(18-2)5-7(10)13)15-12(16)9-3-4-14-19-9/h3-6H,1-2H3,(H,15,16). The molecule has 6 nitrogen and oxygen atoms in total. The highest BCUT2D eigenvalue weighted by Gasteiger charge is 2.15. The number of halogens is 1. The summed E-state index contributed by atoms with van der Waals surface area (Å²) in [6, 6.07) is 4.57. The number of methoxy groups -OCH3 is 2. The number of nitrogens with one attached hydrogen (secondary N) is 1. The second kappa shape index (κ2) is 5.62. The lowest BCUT2D eigenvalue weighted by Gasteiger charge is -2.12. The second-order valence-corrected chi connectivity index (χ2v) is 3.93. The van der Waals surface area contributed by atoms with Crippen molar-refractivity contribution < 1.29 is 18.8 Å². The van der Waals surface area contributed by atoms with E-state index in [1.165, 1.54) is 26.5 Å². The summed E-state index contributed by atoms with van der Waals surface area (Å²) in [6.07, 6.45) is 1.38. The first-order valence-electron chi connectivity index (χ1n) is 5.29. The molecular formula is C12H11ClN2O4. The number of carbonyl (C=O) groups is 1. The Hall–Kier alpha value is -2.21. The second-order valence-electron chi connectivity index (χ2n) is 3.52. The van der Waals surface area contributed by atoms with E-state index in [9.17, 15) is 4.79 Å². The van der Waals surface area contributed by atoms with E-state index in [0.29, 0.717) is 22.2 Å². The number of ether oxygens (including phenoxy) is 2. The van der Waals surface area contributed by atoms with Crippen LogP contribution >= 0.6 is 11.6 Å². The minimum absolute atomic E-state index is 0.0935. The zero-order chi connectivity index (χ0) is 13.8. The smallest absolute Gasteiger partial charge is 0.294 e. The highest BCUT2D eigenvalue weighted by molar-refractivity contribution is 6.32. The monoisotopic (exact) mass is 282 g/mol. The van der Waals surface area contributed by atoms with Gasteiger partial charge in [-0.1, -0.05) is 16.8 Å². The third-order valence-corrected chi connectivity index (χ3v) is 2.68. The molecule has 0 fully saturated rings. The van der Waals surface area contributed by atoms with E-state index in [2.05, 4.69) is 10.5 Å². The lowest BCUT2D eigenvalue weighted by atomic mass is 10.2. The Balaban J connectivity index is 2.31. The van der Waals surface area contributed by atoms with Crippen LogP contribution in [0.2, 0.25) is 5.02 Å². The highest BCUT2D eigenvalue weighted by atomic mass is 35.5. The van der Waals surface area contributed by atoms with Gasteiger partial charge in [0, 0.05) is 18.2 Å². The Labute approximate surface area is 114 Å². The van der Waals surface area contributed by atoms with Crippen LogP contribution in [0.25, 0.3) is 0 Å². The molecule has 0 aliphatic rings. The Morgan fingerprint density at radius 1 is 1.32 bits per heavy atom. The molecule has 0 spiro atoms. The molecule has 0 bridgehead atoms. The number of benzene rings is 1. The van der Waals surface area contributed by atoms with Crippen molar-refractivity contribution in [2.24, 2.45) is 0 Å². The van der Waals surface area contributed by atoms with E-state index in [4.69, 9.17) is 25.6 Å². The number of amides is 1. The molecule has 1 heterocycles. The van der Waals surface area contributed by atoms with Gasteiger partial charge in [0.2, 0.25) is 5.76 Å². The number of hydrogen-bond acceptors (Lipinski definition) is 5. The van der Waals surface area contributed by atoms with Gasteiger partial charge >= 0.3 is 0 Å². The molecule has 0 aliphatic carbocycles. The summed E-state index contributed by atoms with van der Waals surface area (Å²) in [4.78, 5) is 11.9. The van der Waals surface area contributed by atoms with E-state index in [0.717, 1.165) is 0 Å². The number of aromatic nitrogens is 1. The van der Waals surface area contributed by atoms with Crippen LogP contribution in [0.3, 0.4) is 0 Å². The van der Waals surface area contributed by atoms with Gasteiger partial charge in [0.05, 0.1) is 31.1 Å². The van der Waals surface area contributed by atoms with Crippen LogP contribution in [0.15, 0.2) is 28.9 Å². The maximum absolute atomic E-state index is 11.9. The zero-order valence-electron chi connectivity index (χ0n) is 10.3. The number of rotatable bonds is 4. The Kier molecular flexibility index (Phi) is 3.91. The van der Waals surface area contributed by atoms with Gasteiger partial charge in [-0.25, -0.2) is 0 Å². The molecule has 0 atom stereocenters. The molecule has 1 N–H and O–H groups in total. The lowest BCUT2D eigenvalue weighted by Crippen LogP contribution is -2.12. The quantitative estimate of drug-likeness (QED) is 0.933. The van der Waals surface area contributed by atoms with Crippen molar-refractivity contribution in [2.75, 3.05) is 19.5 Å². The van der Waals surface area contributed by atoms with Gasteiger partial charge in [0.1, 0.15) is 11.5 Å². The van der Waals surface area contributed by atoms with Crippen LogP contribution in [0, 0.1) is 0 Å². The lowest BCUT2D eigenvalue weighted by molar-refractivity contribution is 0.0987. The highest BCUT2D eigenvalue weighted by Crippen LogP contribution is 2.35. The number of anilines is 1. The average Bonchev–Trinajstić information content (AvgIpc) is 2.94. The summed E-state index contributed by atoms with van der Waals surface area (Å²) >= 11 is 5.97. The van der Waals surface area contributed by atoms with Crippen molar-refractivity contribution in [1.82, 2.24) is 5.16 Å². The van der Waals surface area contributed by atoms with Crippen molar-refractivity contribution in [1.29, 1.82) is 0 Å². The van der Waals surface area contributed by atoms with Crippen LogP contribution < -0.4 is 14.8 Å². The fourth-order valence-corrected chi connectivity index (χ4v) is 1.71. The Morgan fingerprint density at radius 3 is 2.63 bits per heavy atom. The van der Waals surface area contributed by atoms with Gasteiger partial charge in [-0.3, -0.25) is 4.79 Å². The van der Waals surface area contributed by atoms with Crippen LogP contribution in [-0.2, 0) is 0 Å². The summed E-state index contributed by atoms with van der Waals surface area (Å²) in [6.45, 7) is 0. The largest absolute Gasteiger partial charge is 0.495 e. The van der Waals surface area contributed by atoms with Crippen molar-refractivity contribution in [3.8, 4) is 11.5 Å². The summed E-state index contributed by atoms with van der Waals surface area (Å²) in [5.41, 5.74) is 0.421. The van der Waals surface area contributed by atoms with Gasteiger partial charge in [0.15, 0.2) is 0 Å². The predicted octanol–water partition coefficient (Wildman–Crippen LogP) is 2.60. The minimum atomic E-state index is -0.444. The Morgan fingerprint density at radius 2 is 2.05 bits per heavy atom. The third-order valence-electron chi connectivity index (χ3n) is 2.38. The summed E-state index contributed by atoms with van der Waals surface area (Å²) < 4.78 is 15.0. The SMILES string of the molecule is COc1cc(NC(=O)c2ccno2)c(OC)cc1Cl. The van der Waals surface area contributed by atoms with E-state index < -0.39 is 5.91 Å². The van der Waals surface area contributed by atoms with E-state index >= 15 is 0 Å². The summed E-state index contributed by atoms with van der Waals surface area (Å²) in [7, 11) is 2.96. The number of carbonyl (C=O) groups excluding carboxylic acids is 1. The molecular weight excluding hydrogens is 272 g/mol. The van der Waals surface area contributed by atoms with Crippen molar-refractivity contribution >= 4 is 23.2 Å². The van der Waals surface area contributed by atoms with E-state index in [-0.39, 0.29) is 5.76 Å². The van der Waals surface area contributed by atoms with E-state index in [1.807, 2.05) is 0 Å². The number of hydrogen-bond donors (Lipinski definition) is 1. The maximum Gasteiger partial charge on any atom is 0.294 e. The molecule has 0 saturated heterocycles. The molecule has 19 heavy (non-hydrogen) atoms. The molecule has 100 valence electrons. The molecule has 1 aromatic carbocycles. The first-order valence-corrected chi connectivity index (χ1v) is 5.67.